The topological polar surface area (TPSA) is 125 Å². The molecule has 142 valence electrons. The fraction of sp³-hybridized carbons (Fsp3) is 0.263. The summed E-state index contributed by atoms with van der Waals surface area (Å²) in [7, 11) is 0. The molecule has 27 heavy (non-hydrogen) atoms. The van der Waals surface area contributed by atoms with Crippen molar-refractivity contribution in [1.29, 1.82) is 0 Å². The van der Waals surface area contributed by atoms with Gasteiger partial charge in [-0.15, -0.1) is 0 Å². The van der Waals surface area contributed by atoms with Crippen LogP contribution in [-0.2, 0) is 9.53 Å². The van der Waals surface area contributed by atoms with Crippen molar-refractivity contribution < 1.29 is 19.2 Å². The number of hydrogen-bond acceptors (Lipinski definition) is 6. The lowest BCUT2D eigenvalue weighted by atomic mass is 10.0. The summed E-state index contributed by atoms with van der Waals surface area (Å²) in [4.78, 5) is 34.6. The van der Waals surface area contributed by atoms with Crippen LogP contribution in [-0.4, -0.2) is 29.4 Å². The lowest BCUT2D eigenvalue weighted by molar-refractivity contribution is -0.384. The number of nitrogens with one attached hydrogen (secondary N) is 1. The number of nitro benzene ring substituents is 1. The summed E-state index contributed by atoms with van der Waals surface area (Å²) in [6.07, 6.45) is -1.07. The van der Waals surface area contributed by atoms with Crippen molar-refractivity contribution in [3.8, 4) is 0 Å². The van der Waals surface area contributed by atoms with Gasteiger partial charge in [-0.05, 0) is 24.5 Å². The second-order valence-electron chi connectivity index (χ2n) is 6.13. The number of anilines is 1. The summed E-state index contributed by atoms with van der Waals surface area (Å²) in [6.45, 7) is 3.77. The van der Waals surface area contributed by atoms with E-state index >= 15 is 0 Å². The summed E-state index contributed by atoms with van der Waals surface area (Å²) in [6, 6.07) is 13.1. The standard InChI is InChI=1S/C19H21N3O5/c1-12(14-6-4-3-5-7-14)11-21-18(23)13(2)27-19(24)16-10-15(22(25)26)8-9-17(16)20/h3-10,12-13H,11,20H2,1-2H3,(H,21,23)/t12-,13-/m1/s1. The minimum Gasteiger partial charge on any atom is -0.449 e. The van der Waals surface area contributed by atoms with E-state index < -0.39 is 22.9 Å². The van der Waals surface area contributed by atoms with E-state index in [0.29, 0.717) is 6.54 Å². The zero-order valence-electron chi connectivity index (χ0n) is 15.0. The molecule has 1 amide bonds. The van der Waals surface area contributed by atoms with Crippen LogP contribution >= 0.6 is 0 Å². The minimum atomic E-state index is -1.07. The van der Waals surface area contributed by atoms with Crippen LogP contribution in [0.15, 0.2) is 48.5 Å². The number of nitrogens with two attached hydrogens (primary N) is 1. The Kier molecular flexibility index (Phi) is 6.48. The number of nitrogen functional groups attached to an aromatic ring is 1. The Balaban J connectivity index is 1.95. The van der Waals surface area contributed by atoms with Crippen molar-refractivity contribution in [2.24, 2.45) is 0 Å². The van der Waals surface area contributed by atoms with Crippen molar-refractivity contribution in [2.45, 2.75) is 25.9 Å². The van der Waals surface area contributed by atoms with E-state index in [-0.39, 0.29) is 22.9 Å². The molecule has 0 aromatic heterocycles. The number of ether oxygens (including phenoxy) is 1. The quantitative estimate of drug-likeness (QED) is 0.334. The monoisotopic (exact) mass is 371 g/mol. The van der Waals surface area contributed by atoms with Crippen molar-refractivity contribution in [2.75, 3.05) is 12.3 Å². The van der Waals surface area contributed by atoms with Gasteiger partial charge in [-0.3, -0.25) is 14.9 Å². The minimum absolute atomic E-state index is 0.0379. The second-order valence-corrected chi connectivity index (χ2v) is 6.13. The van der Waals surface area contributed by atoms with Gasteiger partial charge in [0.05, 0.1) is 10.5 Å². The predicted octanol–water partition coefficient (Wildman–Crippen LogP) is 2.64. The lowest BCUT2D eigenvalue weighted by Crippen LogP contribution is -2.37. The Labute approximate surface area is 156 Å². The molecular formula is C19H21N3O5. The second kappa shape index (κ2) is 8.79. The van der Waals surface area contributed by atoms with Gasteiger partial charge in [0, 0.05) is 24.4 Å². The first-order valence-electron chi connectivity index (χ1n) is 8.37. The Morgan fingerprint density at radius 2 is 1.85 bits per heavy atom. The molecular weight excluding hydrogens is 350 g/mol. The maximum Gasteiger partial charge on any atom is 0.341 e. The molecule has 8 nitrogen and oxygen atoms in total. The SMILES string of the molecule is C[C@H](CNC(=O)[C@@H](C)OC(=O)c1cc([N+](=O)[O-])ccc1N)c1ccccc1. The first-order chi connectivity index (χ1) is 12.8. The molecule has 0 spiro atoms. The molecule has 0 saturated heterocycles. The molecule has 0 unspecified atom stereocenters. The third-order valence-electron chi connectivity index (χ3n) is 4.07. The molecule has 0 bridgehead atoms. The number of carbonyl (C=O) groups is 2. The molecule has 2 rings (SSSR count). The fourth-order valence-corrected chi connectivity index (χ4v) is 2.41. The number of nitrogens with zero attached hydrogens (tertiary/aromatic N) is 1. The van der Waals surface area contributed by atoms with Gasteiger partial charge in [-0.1, -0.05) is 37.3 Å². The number of nitro groups is 1. The highest BCUT2D eigenvalue weighted by atomic mass is 16.6. The van der Waals surface area contributed by atoms with Crippen LogP contribution in [0.3, 0.4) is 0 Å². The van der Waals surface area contributed by atoms with E-state index in [1.807, 2.05) is 37.3 Å². The van der Waals surface area contributed by atoms with Crippen LogP contribution in [0.2, 0.25) is 0 Å². The highest BCUT2D eigenvalue weighted by Gasteiger charge is 2.22. The van der Waals surface area contributed by atoms with Gasteiger partial charge in [0.2, 0.25) is 0 Å². The normalized spacial score (nSPS) is 12.7. The van der Waals surface area contributed by atoms with E-state index in [1.165, 1.54) is 19.1 Å². The summed E-state index contributed by atoms with van der Waals surface area (Å²) >= 11 is 0. The first kappa shape index (κ1) is 19.9. The molecule has 0 aliphatic carbocycles. The smallest absolute Gasteiger partial charge is 0.341 e. The van der Waals surface area contributed by atoms with Crippen LogP contribution in [0.5, 0.6) is 0 Å². The average molecular weight is 371 g/mol. The van der Waals surface area contributed by atoms with E-state index in [0.717, 1.165) is 11.6 Å². The number of amides is 1. The zero-order chi connectivity index (χ0) is 20.0. The van der Waals surface area contributed by atoms with Gasteiger partial charge in [-0.25, -0.2) is 4.79 Å². The highest BCUT2D eigenvalue weighted by Crippen LogP contribution is 2.21. The first-order valence-corrected chi connectivity index (χ1v) is 8.37. The number of hydrogen-bond donors (Lipinski definition) is 2. The van der Waals surface area contributed by atoms with Gasteiger partial charge in [0.15, 0.2) is 6.10 Å². The van der Waals surface area contributed by atoms with Crippen LogP contribution in [0.25, 0.3) is 0 Å². The Morgan fingerprint density at radius 3 is 2.48 bits per heavy atom. The summed E-state index contributed by atoms with van der Waals surface area (Å²) < 4.78 is 5.10. The average Bonchev–Trinajstić information content (AvgIpc) is 2.66. The van der Waals surface area contributed by atoms with Gasteiger partial charge in [0.25, 0.3) is 11.6 Å². The van der Waals surface area contributed by atoms with Crippen LogP contribution < -0.4 is 11.1 Å². The van der Waals surface area contributed by atoms with Gasteiger partial charge >= 0.3 is 5.97 Å². The Morgan fingerprint density at radius 1 is 1.19 bits per heavy atom. The highest BCUT2D eigenvalue weighted by molar-refractivity contribution is 5.97. The molecule has 0 aliphatic rings. The Bertz CT molecular complexity index is 838. The van der Waals surface area contributed by atoms with Gasteiger partial charge in [-0.2, -0.15) is 0 Å². The zero-order valence-corrected chi connectivity index (χ0v) is 15.0. The van der Waals surface area contributed by atoms with E-state index in [4.69, 9.17) is 10.5 Å². The molecule has 2 aromatic carbocycles. The number of esters is 1. The van der Waals surface area contributed by atoms with Crippen LogP contribution in [0.1, 0.15) is 35.7 Å². The molecule has 2 aromatic rings. The van der Waals surface area contributed by atoms with Crippen molar-refractivity contribution in [3.63, 3.8) is 0 Å². The summed E-state index contributed by atoms with van der Waals surface area (Å²) in [5, 5.41) is 13.6. The van der Waals surface area contributed by atoms with E-state index in [2.05, 4.69) is 5.32 Å². The number of rotatable bonds is 7. The van der Waals surface area contributed by atoms with Crippen LogP contribution in [0.4, 0.5) is 11.4 Å². The maximum atomic E-state index is 12.2. The number of carbonyl (C=O) groups excluding carboxylic acids is 2. The molecule has 3 N–H and O–H groups in total. The lowest BCUT2D eigenvalue weighted by Gasteiger charge is -2.17. The fourth-order valence-electron chi connectivity index (χ4n) is 2.41. The molecule has 2 atom stereocenters. The molecule has 0 heterocycles. The largest absolute Gasteiger partial charge is 0.449 e. The maximum absolute atomic E-state index is 12.2. The van der Waals surface area contributed by atoms with Crippen LogP contribution in [0, 0.1) is 10.1 Å². The third kappa shape index (κ3) is 5.27. The van der Waals surface area contributed by atoms with E-state index in [1.54, 1.807) is 0 Å². The number of non-ortho nitro benzene ring substituents is 1. The molecule has 0 fully saturated rings. The Hall–Kier alpha value is -3.42. The summed E-state index contributed by atoms with van der Waals surface area (Å²) in [5.41, 5.74) is 6.36. The number of benzene rings is 2. The molecule has 0 saturated carbocycles. The van der Waals surface area contributed by atoms with Crippen molar-refractivity contribution in [3.05, 3.63) is 69.8 Å². The van der Waals surface area contributed by atoms with E-state index in [9.17, 15) is 19.7 Å². The molecule has 0 radical (unpaired) electrons. The molecule has 8 heteroatoms. The van der Waals surface area contributed by atoms with Crippen molar-refractivity contribution in [1.82, 2.24) is 5.32 Å². The van der Waals surface area contributed by atoms with Gasteiger partial charge in [0.1, 0.15) is 0 Å². The van der Waals surface area contributed by atoms with Crippen molar-refractivity contribution >= 4 is 23.3 Å². The third-order valence-corrected chi connectivity index (χ3v) is 4.07. The molecule has 0 aliphatic heterocycles. The predicted molar refractivity (Wildman–Crippen MR) is 100 cm³/mol. The summed E-state index contributed by atoms with van der Waals surface area (Å²) in [5.74, 6) is -1.27. The van der Waals surface area contributed by atoms with Gasteiger partial charge < -0.3 is 15.8 Å².